The molecule has 4 heterocycles. The van der Waals surface area contributed by atoms with Crippen molar-refractivity contribution in [2.24, 2.45) is 0 Å². The van der Waals surface area contributed by atoms with E-state index in [1.807, 2.05) is 41.9 Å². The third-order valence-corrected chi connectivity index (χ3v) is 5.26. The molecule has 0 aliphatic carbocycles. The van der Waals surface area contributed by atoms with Crippen molar-refractivity contribution in [3.8, 4) is 6.07 Å². The van der Waals surface area contributed by atoms with E-state index in [2.05, 4.69) is 16.3 Å². The molecule has 1 amide bonds. The van der Waals surface area contributed by atoms with Crippen molar-refractivity contribution in [2.45, 2.75) is 32.4 Å². The van der Waals surface area contributed by atoms with Gasteiger partial charge in [-0.2, -0.15) is 5.26 Å². The number of piperidine rings is 1. The van der Waals surface area contributed by atoms with Crippen molar-refractivity contribution >= 4 is 11.4 Å². The SMILES string of the molecule is Cc1ccoc1C(=O)NC1CCN(Cc2cn3ccccc3c2C#N)CC1. The van der Waals surface area contributed by atoms with Gasteiger partial charge in [0.25, 0.3) is 5.91 Å². The van der Waals surface area contributed by atoms with Crippen molar-refractivity contribution in [2.75, 3.05) is 13.1 Å². The minimum atomic E-state index is -0.138. The summed E-state index contributed by atoms with van der Waals surface area (Å²) in [5, 5.41) is 12.6. The zero-order chi connectivity index (χ0) is 18.8. The van der Waals surface area contributed by atoms with Crippen LogP contribution in [0.15, 0.2) is 47.3 Å². The number of fused-ring (bicyclic) bond motifs is 1. The van der Waals surface area contributed by atoms with E-state index in [1.54, 1.807) is 12.3 Å². The van der Waals surface area contributed by atoms with Gasteiger partial charge >= 0.3 is 0 Å². The molecule has 0 spiro atoms. The lowest BCUT2D eigenvalue weighted by molar-refractivity contribution is 0.0880. The predicted molar refractivity (Wildman–Crippen MR) is 101 cm³/mol. The number of likely N-dealkylation sites (tertiary alicyclic amines) is 1. The number of pyridine rings is 1. The van der Waals surface area contributed by atoms with Crippen LogP contribution in [0.3, 0.4) is 0 Å². The van der Waals surface area contributed by atoms with Crippen LogP contribution in [0.25, 0.3) is 5.52 Å². The number of hydrogen-bond acceptors (Lipinski definition) is 4. The summed E-state index contributed by atoms with van der Waals surface area (Å²) in [6.07, 6.45) is 7.34. The predicted octanol–water partition coefficient (Wildman–Crippen LogP) is 3.11. The Morgan fingerprint density at radius 2 is 2.15 bits per heavy atom. The number of hydrogen-bond donors (Lipinski definition) is 1. The molecular weight excluding hydrogens is 340 g/mol. The third kappa shape index (κ3) is 3.46. The summed E-state index contributed by atoms with van der Waals surface area (Å²) in [4.78, 5) is 14.6. The maximum Gasteiger partial charge on any atom is 0.287 e. The monoisotopic (exact) mass is 362 g/mol. The van der Waals surface area contributed by atoms with E-state index in [4.69, 9.17) is 4.42 Å². The molecule has 4 rings (SSSR count). The first-order chi connectivity index (χ1) is 13.2. The van der Waals surface area contributed by atoms with Crippen LogP contribution in [0.4, 0.5) is 0 Å². The van der Waals surface area contributed by atoms with Gasteiger partial charge in [0.2, 0.25) is 0 Å². The smallest absolute Gasteiger partial charge is 0.287 e. The summed E-state index contributed by atoms with van der Waals surface area (Å²) >= 11 is 0. The number of carbonyl (C=O) groups excluding carboxylic acids is 1. The van der Waals surface area contributed by atoms with Crippen LogP contribution in [0.5, 0.6) is 0 Å². The van der Waals surface area contributed by atoms with E-state index in [-0.39, 0.29) is 11.9 Å². The van der Waals surface area contributed by atoms with Gasteiger partial charge in [-0.15, -0.1) is 0 Å². The lowest BCUT2D eigenvalue weighted by atomic mass is 10.0. The summed E-state index contributed by atoms with van der Waals surface area (Å²) in [5.41, 5.74) is 3.61. The highest BCUT2D eigenvalue weighted by molar-refractivity contribution is 5.92. The number of amides is 1. The number of aromatic nitrogens is 1. The maximum absolute atomic E-state index is 12.3. The van der Waals surface area contributed by atoms with Gasteiger partial charge in [-0.1, -0.05) is 6.07 Å². The molecule has 0 unspecified atom stereocenters. The minimum Gasteiger partial charge on any atom is -0.459 e. The van der Waals surface area contributed by atoms with Crippen LogP contribution in [0.2, 0.25) is 0 Å². The van der Waals surface area contributed by atoms with Crippen molar-refractivity contribution in [1.82, 2.24) is 14.6 Å². The van der Waals surface area contributed by atoms with Gasteiger partial charge in [0, 0.05) is 49.2 Å². The molecule has 3 aromatic heterocycles. The van der Waals surface area contributed by atoms with E-state index in [9.17, 15) is 10.1 Å². The summed E-state index contributed by atoms with van der Waals surface area (Å²) < 4.78 is 7.27. The second-order valence-corrected chi connectivity index (χ2v) is 7.09. The molecule has 0 bridgehead atoms. The normalized spacial score (nSPS) is 15.7. The number of rotatable bonds is 4. The van der Waals surface area contributed by atoms with E-state index in [0.29, 0.717) is 5.76 Å². The average Bonchev–Trinajstić information content (AvgIpc) is 3.26. The van der Waals surface area contributed by atoms with Gasteiger partial charge in [-0.25, -0.2) is 0 Å². The highest BCUT2D eigenvalue weighted by Crippen LogP contribution is 2.21. The molecule has 6 heteroatoms. The Hall–Kier alpha value is -3.04. The molecular formula is C21H22N4O2. The van der Waals surface area contributed by atoms with Gasteiger partial charge < -0.3 is 14.1 Å². The molecule has 0 radical (unpaired) electrons. The molecule has 1 aliphatic heterocycles. The molecule has 0 atom stereocenters. The summed E-state index contributed by atoms with van der Waals surface area (Å²) in [5.74, 6) is 0.262. The Labute approximate surface area is 158 Å². The number of aryl methyl sites for hydroxylation is 1. The Morgan fingerprint density at radius 3 is 2.85 bits per heavy atom. The lowest BCUT2D eigenvalue weighted by Crippen LogP contribution is -2.44. The number of nitrogens with zero attached hydrogens (tertiary/aromatic N) is 3. The van der Waals surface area contributed by atoms with Crippen LogP contribution in [0, 0.1) is 18.3 Å². The largest absolute Gasteiger partial charge is 0.459 e. The maximum atomic E-state index is 12.3. The van der Waals surface area contributed by atoms with E-state index >= 15 is 0 Å². The van der Waals surface area contributed by atoms with Gasteiger partial charge in [0.15, 0.2) is 5.76 Å². The summed E-state index contributed by atoms with van der Waals surface area (Å²) in [6, 6.07) is 10.2. The number of nitriles is 1. The highest BCUT2D eigenvalue weighted by atomic mass is 16.3. The molecule has 0 saturated carbocycles. The zero-order valence-electron chi connectivity index (χ0n) is 15.3. The molecule has 27 heavy (non-hydrogen) atoms. The van der Waals surface area contributed by atoms with Gasteiger partial charge in [-0.3, -0.25) is 9.69 Å². The Kier molecular flexibility index (Phi) is 4.69. The molecule has 1 fully saturated rings. The van der Waals surface area contributed by atoms with Gasteiger partial charge in [0.05, 0.1) is 17.3 Å². The van der Waals surface area contributed by atoms with Gasteiger partial charge in [0.1, 0.15) is 6.07 Å². The Balaban J connectivity index is 1.37. The second-order valence-electron chi connectivity index (χ2n) is 7.09. The van der Waals surface area contributed by atoms with Crippen LogP contribution < -0.4 is 5.32 Å². The zero-order valence-corrected chi connectivity index (χ0v) is 15.3. The number of carbonyl (C=O) groups is 1. The van der Waals surface area contributed by atoms with Crippen LogP contribution in [0.1, 0.15) is 40.1 Å². The fourth-order valence-electron chi connectivity index (χ4n) is 3.76. The first-order valence-electron chi connectivity index (χ1n) is 9.21. The van der Waals surface area contributed by atoms with E-state index < -0.39 is 0 Å². The molecule has 138 valence electrons. The topological polar surface area (TPSA) is 73.7 Å². The third-order valence-electron chi connectivity index (χ3n) is 5.26. The first-order valence-corrected chi connectivity index (χ1v) is 9.21. The molecule has 6 nitrogen and oxygen atoms in total. The summed E-state index contributed by atoms with van der Waals surface area (Å²) in [7, 11) is 0. The van der Waals surface area contributed by atoms with E-state index in [0.717, 1.165) is 54.7 Å². The van der Waals surface area contributed by atoms with Gasteiger partial charge in [-0.05, 0) is 38.0 Å². The number of furan rings is 1. The molecule has 1 N–H and O–H groups in total. The minimum absolute atomic E-state index is 0.138. The van der Waals surface area contributed by atoms with Crippen molar-refractivity contribution in [3.63, 3.8) is 0 Å². The quantitative estimate of drug-likeness (QED) is 0.774. The average molecular weight is 362 g/mol. The lowest BCUT2D eigenvalue weighted by Gasteiger charge is -2.32. The van der Waals surface area contributed by atoms with Crippen molar-refractivity contribution < 1.29 is 9.21 Å². The molecule has 1 aliphatic rings. The Bertz CT molecular complexity index is 1000. The highest BCUT2D eigenvalue weighted by Gasteiger charge is 2.24. The van der Waals surface area contributed by atoms with Crippen LogP contribution in [-0.2, 0) is 6.54 Å². The molecule has 0 aromatic carbocycles. The molecule has 3 aromatic rings. The first kappa shape index (κ1) is 17.4. The summed E-state index contributed by atoms with van der Waals surface area (Å²) in [6.45, 7) is 4.40. The fraction of sp³-hybridized carbons (Fsp3) is 0.333. The number of nitrogens with one attached hydrogen (secondary N) is 1. The molecule has 1 saturated heterocycles. The van der Waals surface area contributed by atoms with Crippen LogP contribution in [-0.4, -0.2) is 34.3 Å². The Morgan fingerprint density at radius 1 is 1.33 bits per heavy atom. The van der Waals surface area contributed by atoms with Crippen LogP contribution >= 0.6 is 0 Å². The second kappa shape index (κ2) is 7.29. The van der Waals surface area contributed by atoms with E-state index in [1.165, 1.54) is 0 Å². The van der Waals surface area contributed by atoms with Crippen molar-refractivity contribution in [3.05, 3.63) is 65.4 Å². The standard InChI is InChI=1S/C21H22N4O2/c1-15-7-11-27-20(15)21(26)23-17-5-9-24(10-6-17)13-16-14-25-8-3-2-4-19(25)18(16)12-22/h2-4,7-8,11,14,17H,5-6,9-10,13H2,1H3,(H,23,26). The van der Waals surface area contributed by atoms with Crippen molar-refractivity contribution in [1.29, 1.82) is 5.26 Å². The fourth-order valence-corrected chi connectivity index (χ4v) is 3.76.